The fourth-order valence-corrected chi connectivity index (χ4v) is 3.52. The molecule has 0 N–H and O–H groups in total. The monoisotopic (exact) mass is 360 g/mol. The molecule has 1 aromatic heterocycles. The molecule has 0 aliphatic heterocycles. The number of amides is 1. The van der Waals surface area contributed by atoms with E-state index in [9.17, 15) is 4.79 Å². The van der Waals surface area contributed by atoms with Gasteiger partial charge < -0.3 is 4.90 Å². The number of nitrogens with zero attached hydrogens (tertiary/aromatic N) is 4. The third-order valence-electron chi connectivity index (χ3n) is 4.52. The Balaban J connectivity index is 2.00. The van der Waals surface area contributed by atoms with E-state index in [0.717, 1.165) is 36.8 Å². The third kappa shape index (κ3) is 5.33. The number of thioether (sulfide) groups is 1. The largest absolute Gasteiger partial charge is 0.342 e. The minimum absolute atomic E-state index is 0.165. The van der Waals surface area contributed by atoms with Crippen LogP contribution in [0.15, 0.2) is 35.7 Å². The zero-order valence-corrected chi connectivity index (χ0v) is 16.4. The summed E-state index contributed by atoms with van der Waals surface area (Å²) in [7, 11) is 0. The van der Waals surface area contributed by atoms with Gasteiger partial charge in [0.15, 0.2) is 5.16 Å². The Morgan fingerprint density at radius 2 is 1.88 bits per heavy atom. The maximum Gasteiger partial charge on any atom is 0.233 e. The summed E-state index contributed by atoms with van der Waals surface area (Å²) in [5.41, 5.74) is 2.22. The van der Waals surface area contributed by atoms with Crippen molar-refractivity contribution in [2.24, 2.45) is 5.92 Å². The molecule has 0 radical (unpaired) electrons. The average Bonchev–Trinajstić information content (AvgIpc) is 3.10. The minimum Gasteiger partial charge on any atom is -0.342 e. The van der Waals surface area contributed by atoms with Crippen LogP contribution in [0.1, 0.15) is 39.2 Å². The minimum atomic E-state index is 0.165. The number of benzene rings is 1. The van der Waals surface area contributed by atoms with Gasteiger partial charge in [0.05, 0.1) is 5.75 Å². The summed E-state index contributed by atoms with van der Waals surface area (Å²) in [6, 6.07) is 8.19. The van der Waals surface area contributed by atoms with Crippen molar-refractivity contribution >= 4 is 17.7 Å². The molecule has 0 spiro atoms. The topological polar surface area (TPSA) is 51.0 Å². The van der Waals surface area contributed by atoms with Gasteiger partial charge in [0.2, 0.25) is 5.91 Å². The molecule has 5 nitrogen and oxygen atoms in total. The van der Waals surface area contributed by atoms with E-state index in [-0.39, 0.29) is 5.91 Å². The van der Waals surface area contributed by atoms with Gasteiger partial charge in [-0.2, -0.15) is 0 Å². The van der Waals surface area contributed by atoms with Gasteiger partial charge >= 0.3 is 0 Å². The predicted molar refractivity (Wildman–Crippen MR) is 103 cm³/mol. The zero-order chi connectivity index (χ0) is 18.2. The maximum atomic E-state index is 12.6. The van der Waals surface area contributed by atoms with Crippen LogP contribution in [0.4, 0.5) is 0 Å². The van der Waals surface area contributed by atoms with Crippen LogP contribution in [0.2, 0.25) is 0 Å². The Morgan fingerprint density at radius 1 is 1.20 bits per heavy atom. The summed E-state index contributed by atoms with van der Waals surface area (Å²) in [5, 5.41) is 8.92. The number of carbonyl (C=O) groups excluding carboxylic acids is 1. The molecule has 6 heteroatoms. The van der Waals surface area contributed by atoms with Gasteiger partial charge in [-0.05, 0) is 31.9 Å². The van der Waals surface area contributed by atoms with Crippen molar-refractivity contribution in [3.05, 3.63) is 36.2 Å². The summed E-state index contributed by atoms with van der Waals surface area (Å²) in [5.74, 6) is 1.13. The highest BCUT2D eigenvalue weighted by Crippen LogP contribution is 2.20. The Hall–Kier alpha value is -1.82. The molecule has 0 unspecified atom stereocenters. The molecule has 0 aliphatic carbocycles. The summed E-state index contributed by atoms with van der Waals surface area (Å²) >= 11 is 1.44. The zero-order valence-electron chi connectivity index (χ0n) is 15.6. The SMILES string of the molecule is CCC(CC)CN(CC)C(=O)CSc1nncn1-c1ccc(C)cc1. The molecule has 1 amide bonds. The molecule has 0 atom stereocenters. The van der Waals surface area contributed by atoms with E-state index in [1.807, 2.05) is 28.5 Å². The predicted octanol–water partition coefficient (Wildman–Crippen LogP) is 3.95. The summed E-state index contributed by atoms with van der Waals surface area (Å²) < 4.78 is 1.93. The lowest BCUT2D eigenvalue weighted by Crippen LogP contribution is -2.36. The molecule has 2 aromatic rings. The van der Waals surface area contributed by atoms with Gasteiger partial charge in [0.1, 0.15) is 6.33 Å². The van der Waals surface area contributed by atoms with Crippen LogP contribution in [0.5, 0.6) is 0 Å². The first-order chi connectivity index (χ1) is 12.1. The van der Waals surface area contributed by atoms with Crippen molar-refractivity contribution < 1.29 is 4.79 Å². The summed E-state index contributed by atoms with van der Waals surface area (Å²) in [6.45, 7) is 10.1. The Kier molecular flexibility index (Phi) is 7.50. The molecule has 0 aliphatic rings. The van der Waals surface area contributed by atoms with E-state index in [2.05, 4.69) is 43.1 Å². The lowest BCUT2D eigenvalue weighted by Gasteiger charge is -2.25. The van der Waals surface area contributed by atoms with Crippen LogP contribution >= 0.6 is 11.8 Å². The number of carbonyl (C=O) groups is 1. The van der Waals surface area contributed by atoms with Crippen LogP contribution in [0, 0.1) is 12.8 Å². The van der Waals surface area contributed by atoms with E-state index < -0.39 is 0 Å². The summed E-state index contributed by atoms with van der Waals surface area (Å²) in [6.07, 6.45) is 3.91. The van der Waals surface area contributed by atoms with Gasteiger partial charge in [0, 0.05) is 18.8 Å². The maximum absolute atomic E-state index is 12.6. The van der Waals surface area contributed by atoms with E-state index in [1.165, 1.54) is 17.3 Å². The fourth-order valence-electron chi connectivity index (χ4n) is 2.69. The third-order valence-corrected chi connectivity index (χ3v) is 5.45. The van der Waals surface area contributed by atoms with Crippen molar-refractivity contribution in [3.63, 3.8) is 0 Å². The number of aryl methyl sites for hydroxylation is 1. The van der Waals surface area contributed by atoms with Crippen LogP contribution in [0.3, 0.4) is 0 Å². The van der Waals surface area contributed by atoms with Crippen molar-refractivity contribution in [2.45, 2.75) is 45.7 Å². The highest BCUT2D eigenvalue weighted by molar-refractivity contribution is 7.99. The van der Waals surface area contributed by atoms with Gasteiger partial charge in [-0.3, -0.25) is 9.36 Å². The van der Waals surface area contributed by atoms with Crippen molar-refractivity contribution in [3.8, 4) is 5.69 Å². The average molecular weight is 361 g/mol. The van der Waals surface area contributed by atoms with Gasteiger partial charge in [-0.15, -0.1) is 10.2 Å². The molecular weight excluding hydrogens is 332 g/mol. The Bertz CT molecular complexity index is 664. The standard InChI is InChI=1S/C19H28N4OS/c1-5-16(6-2)12-22(7-3)18(24)13-25-19-21-20-14-23(19)17-10-8-15(4)9-11-17/h8-11,14,16H,5-7,12-13H2,1-4H3. The number of rotatable bonds is 9. The first kappa shape index (κ1) is 19.5. The van der Waals surface area contributed by atoms with Crippen LogP contribution in [0.25, 0.3) is 5.69 Å². The smallest absolute Gasteiger partial charge is 0.233 e. The second-order valence-electron chi connectivity index (χ2n) is 6.22. The molecule has 0 fully saturated rings. The fraction of sp³-hybridized carbons (Fsp3) is 0.526. The van der Waals surface area contributed by atoms with Gasteiger partial charge in [-0.1, -0.05) is 56.1 Å². The highest BCUT2D eigenvalue weighted by Gasteiger charge is 2.17. The molecule has 25 heavy (non-hydrogen) atoms. The van der Waals surface area contributed by atoms with Crippen molar-refractivity contribution in [1.82, 2.24) is 19.7 Å². The highest BCUT2D eigenvalue weighted by atomic mass is 32.2. The van der Waals surface area contributed by atoms with Crippen LogP contribution in [-0.4, -0.2) is 44.4 Å². The number of hydrogen-bond donors (Lipinski definition) is 0. The molecule has 0 bridgehead atoms. The van der Waals surface area contributed by atoms with E-state index in [1.54, 1.807) is 6.33 Å². The first-order valence-corrected chi connectivity index (χ1v) is 9.95. The molecule has 1 aromatic carbocycles. The molecule has 2 rings (SSSR count). The van der Waals surface area contributed by atoms with Gasteiger partial charge in [-0.25, -0.2) is 0 Å². The van der Waals surface area contributed by atoms with Crippen molar-refractivity contribution in [1.29, 1.82) is 0 Å². The van der Waals surface area contributed by atoms with Crippen molar-refractivity contribution in [2.75, 3.05) is 18.8 Å². The summed E-state index contributed by atoms with van der Waals surface area (Å²) in [4.78, 5) is 14.5. The second-order valence-corrected chi connectivity index (χ2v) is 7.17. The van der Waals surface area contributed by atoms with E-state index in [4.69, 9.17) is 0 Å². The quantitative estimate of drug-likeness (QED) is 0.635. The first-order valence-electron chi connectivity index (χ1n) is 8.96. The van der Waals surface area contributed by atoms with Gasteiger partial charge in [0.25, 0.3) is 0 Å². The second kappa shape index (κ2) is 9.61. The molecule has 0 saturated carbocycles. The Labute approximate surface area is 154 Å². The van der Waals surface area contributed by atoms with E-state index in [0.29, 0.717) is 11.7 Å². The van der Waals surface area contributed by atoms with E-state index >= 15 is 0 Å². The Morgan fingerprint density at radius 3 is 2.48 bits per heavy atom. The number of aromatic nitrogens is 3. The normalized spacial score (nSPS) is 11.1. The molecular formula is C19H28N4OS. The molecule has 136 valence electrons. The lowest BCUT2D eigenvalue weighted by molar-refractivity contribution is -0.128. The molecule has 1 heterocycles. The lowest BCUT2D eigenvalue weighted by atomic mass is 10.0. The van der Waals surface area contributed by atoms with Crippen LogP contribution < -0.4 is 0 Å². The number of hydrogen-bond acceptors (Lipinski definition) is 4. The van der Waals surface area contributed by atoms with Crippen LogP contribution in [-0.2, 0) is 4.79 Å². The molecule has 0 saturated heterocycles.